The molecule has 0 saturated heterocycles. The zero-order chi connectivity index (χ0) is 13.7. The van der Waals surface area contributed by atoms with Gasteiger partial charge in [0.15, 0.2) is 0 Å². The summed E-state index contributed by atoms with van der Waals surface area (Å²) in [5.41, 5.74) is 6.66. The first-order chi connectivity index (χ1) is 9.22. The predicted molar refractivity (Wildman–Crippen MR) is 81.0 cm³/mol. The van der Waals surface area contributed by atoms with E-state index in [-0.39, 0.29) is 5.91 Å². The predicted octanol–water partition coefficient (Wildman–Crippen LogP) is 2.45. The smallest absolute Gasteiger partial charge is 0.276 e. The van der Waals surface area contributed by atoms with Crippen molar-refractivity contribution in [1.82, 2.24) is 10.4 Å². The van der Waals surface area contributed by atoms with E-state index in [1.165, 1.54) is 7.11 Å². The maximum atomic E-state index is 12.1. The minimum atomic E-state index is -0.293. The van der Waals surface area contributed by atoms with Crippen molar-refractivity contribution in [3.8, 4) is 5.88 Å². The normalized spacial score (nSPS) is 9.79. The van der Waals surface area contributed by atoms with Gasteiger partial charge in [-0.15, -0.1) is 0 Å². The molecule has 0 fully saturated rings. The molecule has 5 nitrogen and oxygen atoms in total. The van der Waals surface area contributed by atoms with Crippen LogP contribution < -0.4 is 15.6 Å². The first kappa shape index (κ1) is 13.6. The van der Waals surface area contributed by atoms with Crippen molar-refractivity contribution in [2.45, 2.75) is 0 Å². The SMILES string of the molecule is COc1nccc(I)c1C(=O)NNc1ccccc1. The van der Waals surface area contributed by atoms with Gasteiger partial charge >= 0.3 is 0 Å². The van der Waals surface area contributed by atoms with E-state index >= 15 is 0 Å². The van der Waals surface area contributed by atoms with Crippen LogP contribution in [0.3, 0.4) is 0 Å². The topological polar surface area (TPSA) is 63.2 Å². The molecule has 0 radical (unpaired) electrons. The van der Waals surface area contributed by atoms with Crippen LogP contribution in [0, 0.1) is 3.57 Å². The Morgan fingerprint density at radius 3 is 2.68 bits per heavy atom. The fraction of sp³-hybridized carbons (Fsp3) is 0.0769. The van der Waals surface area contributed by atoms with Gasteiger partial charge in [0, 0.05) is 9.77 Å². The summed E-state index contributed by atoms with van der Waals surface area (Å²) in [5, 5.41) is 0. The Labute approximate surface area is 124 Å². The highest BCUT2D eigenvalue weighted by Crippen LogP contribution is 2.20. The van der Waals surface area contributed by atoms with E-state index in [1.807, 2.05) is 30.3 Å². The second-order valence-corrected chi connectivity index (χ2v) is 4.78. The van der Waals surface area contributed by atoms with Crippen molar-refractivity contribution in [3.05, 3.63) is 51.7 Å². The van der Waals surface area contributed by atoms with Gasteiger partial charge in [-0.25, -0.2) is 4.98 Å². The van der Waals surface area contributed by atoms with Crippen LogP contribution in [0.2, 0.25) is 0 Å². The van der Waals surface area contributed by atoms with E-state index in [2.05, 4.69) is 38.4 Å². The second-order valence-electron chi connectivity index (χ2n) is 3.62. The molecule has 0 atom stereocenters. The molecule has 0 bridgehead atoms. The summed E-state index contributed by atoms with van der Waals surface area (Å²) in [6, 6.07) is 11.1. The molecule has 0 saturated carbocycles. The fourth-order valence-electron chi connectivity index (χ4n) is 1.49. The Hall–Kier alpha value is -1.83. The number of ether oxygens (including phenoxy) is 1. The number of carbonyl (C=O) groups excluding carboxylic acids is 1. The first-order valence-electron chi connectivity index (χ1n) is 5.52. The van der Waals surface area contributed by atoms with Crippen molar-refractivity contribution < 1.29 is 9.53 Å². The second kappa shape index (κ2) is 6.37. The largest absolute Gasteiger partial charge is 0.480 e. The number of aromatic nitrogens is 1. The van der Waals surface area contributed by atoms with Crippen LogP contribution >= 0.6 is 22.6 Å². The third-order valence-corrected chi connectivity index (χ3v) is 3.28. The number of nitrogens with one attached hydrogen (secondary N) is 2. The number of nitrogens with zero attached hydrogens (tertiary/aromatic N) is 1. The minimum Gasteiger partial charge on any atom is -0.480 e. The molecule has 2 rings (SSSR count). The number of para-hydroxylation sites is 1. The third-order valence-electron chi connectivity index (χ3n) is 2.38. The molecule has 6 heteroatoms. The van der Waals surface area contributed by atoms with E-state index in [1.54, 1.807) is 12.3 Å². The molecule has 1 aromatic heterocycles. The lowest BCUT2D eigenvalue weighted by Crippen LogP contribution is -2.30. The Bertz CT molecular complexity index is 575. The number of hydrogen-bond acceptors (Lipinski definition) is 4. The number of rotatable bonds is 4. The van der Waals surface area contributed by atoms with Crippen LogP contribution in [-0.2, 0) is 0 Å². The first-order valence-corrected chi connectivity index (χ1v) is 6.60. The Morgan fingerprint density at radius 2 is 2.00 bits per heavy atom. The third kappa shape index (κ3) is 3.34. The average molecular weight is 369 g/mol. The molecule has 0 aliphatic carbocycles. The number of benzene rings is 1. The number of halogens is 1. The maximum absolute atomic E-state index is 12.1. The monoisotopic (exact) mass is 369 g/mol. The van der Waals surface area contributed by atoms with Gasteiger partial charge in [-0.05, 0) is 40.8 Å². The van der Waals surface area contributed by atoms with Crippen molar-refractivity contribution in [3.63, 3.8) is 0 Å². The van der Waals surface area contributed by atoms with Crippen molar-refractivity contribution in [1.29, 1.82) is 0 Å². The molecule has 0 aliphatic rings. The molecule has 19 heavy (non-hydrogen) atoms. The van der Waals surface area contributed by atoms with Gasteiger partial charge in [0.2, 0.25) is 5.88 Å². The molecule has 0 aliphatic heterocycles. The van der Waals surface area contributed by atoms with Gasteiger partial charge in [0.25, 0.3) is 5.91 Å². The molecule has 1 aromatic carbocycles. The van der Waals surface area contributed by atoms with Crippen molar-refractivity contribution >= 4 is 34.2 Å². The number of hydrazine groups is 1. The van der Waals surface area contributed by atoms with E-state index in [0.717, 1.165) is 9.26 Å². The number of carbonyl (C=O) groups is 1. The zero-order valence-electron chi connectivity index (χ0n) is 10.2. The quantitative estimate of drug-likeness (QED) is 0.642. The zero-order valence-corrected chi connectivity index (χ0v) is 12.3. The van der Waals surface area contributed by atoms with Gasteiger partial charge in [-0.3, -0.25) is 15.6 Å². The molecular formula is C13H12IN3O2. The number of hydrogen-bond donors (Lipinski definition) is 2. The van der Waals surface area contributed by atoms with Gasteiger partial charge < -0.3 is 4.74 Å². The molecule has 0 unspecified atom stereocenters. The lowest BCUT2D eigenvalue weighted by Gasteiger charge is -2.11. The number of anilines is 1. The standard InChI is InChI=1S/C13H12IN3O2/c1-19-13-11(10(14)7-8-15-13)12(18)17-16-9-5-3-2-4-6-9/h2-8,16H,1H3,(H,17,18). The van der Waals surface area contributed by atoms with Crippen molar-refractivity contribution in [2.75, 3.05) is 12.5 Å². The van der Waals surface area contributed by atoms with Crippen LogP contribution in [0.25, 0.3) is 0 Å². The summed E-state index contributed by atoms with van der Waals surface area (Å²) in [4.78, 5) is 16.1. The van der Waals surface area contributed by atoms with Crippen LogP contribution in [-0.4, -0.2) is 18.0 Å². The summed E-state index contributed by atoms with van der Waals surface area (Å²) in [6.07, 6.45) is 1.60. The molecule has 98 valence electrons. The number of pyridine rings is 1. The van der Waals surface area contributed by atoms with E-state index in [0.29, 0.717) is 11.4 Å². The summed E-state index contributed by atoms with van der Waals surface area (Å²) >= 11 is 2.07. The molecular weight excluding hydrogens is 357 g/mol. The fourth-order valence-corrected chi connectivity index (χ4v) is 2.13. The van der Waals surface area contributed by atoms with Crippen LogP contribution in [0.4, 0.5) is 5.69 Å². The van der Waals surface area contributed by atoms with Gasteiger partial charge in [0.05, 0.1) is 12.8 Å². The summed E-state index contributed by atoms with van der Waals surface area (Å²) in [5.74, 6) is 0.0115. The summed E-state index contributed by atoms with van der Waals surface area (Å²) in [7, 11) is 1.49. The number of amides is 1. The maximum Gasteiger partial charge on any atom is 0.276 e. The minimum absolute atomic E-state index is 0.293. The summed E-state index contributed by atoms with van der Waals surface area (Å²) in [6.45, 7) is 0. The van der Waals surface area contributed by atoms with Gasteiger partial charge in [-0.1, -0.05) is 18.2 Å². The van der Waals surface area contributed by atoms with Gasteiger partial charge in [-0.2, -0.15) is 0 Å². The highest BCUT2D eigenvalue weighted by Gasteiger charge is 2.16. The van der Waals surface area contributed by atoms with Crippen LogP contribution in [0.1, 0.15) is 10.4 Å². The Morgan fingerprint density at radius 1 is 1.26 bits per heavy atom. The lowest BCUT2D eigenvalue weighted by atomic mass is 10.2. The highest BCUT2D eigenvalue weighted by molar-refractivity contribution is 14.1. The van der Waals surface area contributed by atoms with Crippen LogP contribution in [0.5, 0.6) is 5.88 Å². The average Bonchev–Trinajstić information content (AvgIpc) is 2.45. The van der Waals surface area contributed by atoms with Crippen LogP contribution in [0.15, 0.2) is 42.6 Å². The molecule has 2 aromatic rings. The molecule has 2 N–H and O–H groups in total. The van der Waals surface area contributed by atoms with E-state index in [4.69, 9.17) is 4.74 Å². The molecule has 1 heterocycles. The highest BCUT2D eigenvalue weighted by atomic mass is 127. The van der Waals surface area contributed by atoms with E-state index in [9.17, 15) is 4.79 Å². The van der Waals surface area contributed by atoms with E-state index < -0.39 is 0 Å². The number of methoxy groups -OCH3 is 1. The molecule has 0 spiro atoms. The molecule has 1 amide bonds. The lowest BCUT2D eigenvalue weighted by molar-refractivity contribution is 0.0958. The van der Waals surface area contributed by atoms with Crippen molar-refractivity contribution in [2.24, 2.45) is 0 Å². The Kier molecular flexibility index (Phi) is 4.56. The Balaban J connectivity index is 2.12. The summed E-state index contributed by atoms with van der Waals surface area (Å²) < 4.78 is 5.87. The van der Waals surface area contributed by atoms with Gasteiger partial charge in [0.1, 0.15) is 5.56 Å².